The largest absolute Gasteiger partial charge is 0.496 e. The average Bonchev–Trinajstić information content (AvgIpc) is 3.64. The molecule has 7 rings (SSSR count). The SMILES string of the molecule is COC1=C(/C=C/C2=[N+](CCCCS(=O)(=O)O)c3ccc4cc(S(=O)(=O)O)ccc4c3C2(C)C)CCC/C1=C\C=C1\N(CCCCOS(=O)O)c2ccc3cc(S(=O)(=O)O)cc(OCC(=O)O)c3c2C1(C)C. The lowest BCUT2D eigenvalue weighted by molar-refractivity contribution is -0.438. The van der Waals surface area contributed by atoms with E-state index in [-0.39, 0.29) is 23.7 Å². The molecule has 0 bridgehead atoms. The maximum absolute atomic E-state index is 12.4. The van der Waals surface area contributed by atoms with Crippen LogP contribution in [-0.2, 0) is 66.3 Å². The first kappa shape index (κ1) is 53.5. The van der Waals surface area contributed by atoms with Gasteiger partial charge in [0.15, 0.2) is 12.3 Å². The molecule has 71 heavy (non-hydrogen) atoms. The van der Waals surface area contributed by atoms with Gasteiger partial charge in [-0.2, -0.15) is 34.0 Å². The quantitative estimate of drug-likeness (QED) is 0.0242. The number of fused-ring (bicyclic) bond motifs is 6. The molecule has 4 aromatic carbocycles. The lowest BCUT2D eigenvalue weighted by Crippen LogP contribution is -2.28. The third kappa shape index (κ3) is 11.5. The van der Waals surface area contributed by atoms with Gasteiger partial charge in [0, 0.05) is 58.9 Å². The maximum atomic E-state index is 12.4. The summed E-state index contributed by atoms with van der Waals surface area (Å²) in [6.07, 6.45) is 11.7. The van der Waals surface area contributed by atoms with E-state index in [1.165, 1.54) is 18.2 Å². The Bertz CT molecular complexity index is 3350. The van der Waals surface area contributed by atoms with Gasteiger partial charge in [-0.25, -0.2) is 4.79 Å². The molecule has 0 saturated heterocycles. The van der Waals surface area contributed by atoms with E-state index in [0.29, 0.717) is 67.1 Å². The minimum absolute atomic E-state index is 0.0284. The molecule has 0 saturated carbocycles. The van der Waals surface area contributed by atoms with Crippen LogP contribution in [-0.4, -0.2) is 108 Å². The number of carboxylic acids is 1. The summed E-state index contributed by atoms with van der Waals surface area (Å²) in [5.41, 5.74) is 5.23. The van der Waals surface area contributed by atoms with E-state index in [4.69, 9.17) is 13.7 Å². The number of nitrogens with zero attached hydrogens (tertiary/aromatic N) is 2. The lowest BCUT2D eigenvalue weighted by Gasteiger charge is -2.28. The molecular formula is C49H57N2O16S4+. The highest BCUT2D eigenvalue weighted by Crippen LogP contribution is 2.53. The molecule has 5 N–H and O–H groups in total. The molecule has 2 heterocycles. The Kier molecular flexibility index (Phi) is 15.6. The minimum atomic E-state index is -4.71. The van der Waals surface area contributed by atoms with Crippen molar-refractivity contribution in [2.45, 2.75) is 93.3 Å². The fourth-order valence-corrected chi connectivity index (χ4v) is 12.0. The molecule has 0 aromatic heterocycles. The van der Waals surface area contributed by atoms with Crippen molar-refractivity contribution < 1.29 is 75.8 Å². The normalized spacial score (nSPS) is 18.6. The Morgan fingerprint density at radius 1 is 0.817 bits per heavy atom. The molecule has 0 spiro atoms. The third-order valence-electron chi connectivity index (χ3n) is 13.2. The molecule has 0 radical (unpaired) electrons. The van der Waals surface area contributed by atoms with Crippen LogP contribution < -0.4 is 9.64 Å². The fourth-order valence-electron chi connectivity index (χ4n) is 10.2. The highest BCUT2D eigenvalue weighted by Gasteiger charge is 2.46. The van der Waals surface area contributed by atoms with Crippen LogP contribution in [0.2, 0.25) is 0 Å². The number of ether oxygens (including phenoxy) is 2. The number of carboxylic acid groups (broad SMARTS) is 1. The van der Waals surface area contributed by atoms with Crippen LogP contribution in [0.5, 0.6) is 5.75 Å². The minimum Gasteiger partial charge on any atom is -0.496 e. The van der Waals surface area contributed by atoms with Crippen molar-refractivity contribution in [2.24, 2.45) is 0 Å². The van der Waals surface area contributed by atoms with Crippen molar-refractivity contribution in [3.8, 4) is 5.75 Å². The molecule has 2 aliphatic heterocycles. The van der Waals surface area contributed by atoms with Crippen molar-refractivity contribution in [1.29, 1.82) is 0 Å². The van der Waals surface area contributed by atoms with Crippen molar-refractivity contribution in [3.63, 3.8) is 0 Å². The summed E-state index contributed by atoms with van der Waals surface area (Å²) in [4.78, 5) is 13.1. The summed E-state index contributed by atoms with van der Waals surface area (Å²) in [5.74, 6) is -1.08. The van der Waals surface area contributed by atoms with Gasteiger partial charge in [-0.15, -0.1) is 0 Å². The summed E-state index contributed by atoms with van der Waals surface area (Å²) in [5, 5.41) is 11.8. The van der Waals surface area contributed by atoms with Gasteiger partial charge in [0.25, 0.3) is 30.4 Å². The maximum Gasteiger partial charge on any atom is 0.341 e. The van der Waals surface area contributed by atoms with Gasteiger partial charge in [0.2, 0.25) is 5.69 Å². The van der Waals surface area contributed by atoms with E-state index in [0.717, 1.165) is 62.9 Å². The van der Waals surface area contributed by atoms with E-state index in [2.05, 4.69) is 23.3 Å². The molecule has 1 unspecified atom stereocenters. The average molecular weight is 1060 g/mol. The molecule has 0 fully saturated rings. The second-order valence-corrected chi connectivity index (χ2v) is 23.7. The van der Waals surface area contributed by atoms with Gasteiger partial charge < -0.3 is 19.5 Å². The summed E-state index contributed by atoms with van der Waals surface area (Å²) >= 11 is -2.43. The Morgan fingerprint density at radius 3 is 2.18 bits per heavy atom. The monoisotopic (exact) mass is 1060 g/mol. The Morgan fingerprint density at radius 2 is 1.52 bits per heavy atom. The Hall–Kier alpha value is -5.30. The lowest BCUT2D eigenvalue weighted by atomic mass is 9.78. The first-order valence-corrected chi connectivity index (χ1v) is 28.2. The second kappa shape index (κ2) is 20.7. The van der Waals surface area contributed by atoms with E-state index in [9.17, 15) is 57.6 Å². The molecule has 3 aliphatic rings. The van der Waals surface area contributed by atoms with Crippen LogP contribution in [0.25, 0.3) is 21.5 Å². The first-order chi connectivity index (χ1) is 33.2. The number of aliphatic carboxylic acids is 1. The molecule has 4 aromatic rings. The number of benzene rings is 4. The molecule has 382 valence electrons. The molecule has 18 nitrogen and oxygen atoms in total. The van der Waals surface area contributed by atoms with Gasteiger partial charge in [0.1, 0.15) is 18.1 Å². The zero-order chi connectivity index (χ0) is 51.8. The second-order valence-electron chi connectivity index (χ2n) is 18.6. The molecular weight excluding hydrogens is 1000 g/mol. The fraction of sp³-hybridized carbons (Fsp3) is 0.388. The molecule has 0 amide bonds. The van der Waals surface area contributed by atoms with Crippen molar-refractivity contribution in [1.82, 2.24) is 0 Å². The van der Waals surface area contributed by atoms with Crippen LogP contribution in [0.4, 0.5) is 11.4 Å². The number of carbonyl (C=O) groups is 1. The summed E-state index contributed by atoms with van der Waals surface area (Å²) in [6, 6.07) is 14.0. The van der Waals surface area contributed by atoms with Gasteiger partial charge in [-0.1, -0.05) is 32.1 Å². The molecule has 22 heteroatoms. The van der Waals surface area contributed by atoms with Crippen molar-refractivity contribution >= 4 is 86.3 Å². The molecule has 1 aliphatic carbocycles. The number of rotatable bonds is 20. The Labute approximate surface area is 415 Å². The smallest absolute Gasteiger partial charge is 0.341 e. The van der Waals surface area contributed by atoms with Crippen LogP contribution in [0.15, 0.2) is 111 Å². The summed E-state index contributed by atoms with van der Waals surface area (Å²) in [7, 11) is -11.8. The predicted octanol–water partition coefficient (Wildman–Crippen LogP) is 8.18. The first-order valence-electron chi connectivity index (χ1n) is 22.7. The number of hydrogen-bond donors (Lipinski definition) is 5. The van der Waals surface area contributed by atoms with Gasteiger partial charge in [0.05, 0.1) is 34.7 Å². The number of allylic oxidation sites excluding steroid dienone is 7. The number of unbranched alkanes of at least 4 members (excludes halogenated alkanes) is 2. The zero-order valence-corrected chi connectivity index (χ0v) is 43.0. The van der Waals surface area contributed by atoms with E-state index < -0.39 is 75.8 Å². The van der Waals surface area contributed by atoms with Gasteiger partial charge in [-0.3, -0.25) is 22.4 Å². The highest BCUT2D eigenvalue weighted by atomic mass is 32.2. The topological polar surface area (TPSA) is 272 Å². The van der Waals surface area contributed by atoms with Gasteiger partial charge >= 0.3 is 17.3 Å². The van der Waals surface area contributed by atoms with Crippen LogP contribution in [0.1, 0.15) is 83.8 Å². The summed E-state index contributed by atoms with van der Waals surface area (Å²) < 4.78 is 141. The standard InChI is InChI=1S/C49H56N2O16S4/c1-48(2)41(50(24-7-9-26-69(56,57)58)38-19-13-33-27-35(70(59,60)61)17-18-37(33)45(38)48)21-15-31-11-10-12-32(47(31)65-5)16-22-42-49(3,4)46-39(51(42)23-6-8-25-67-68(54)55)20-14-34-28-36(71(62,63)64)29-40(44(34)46)66-30-43(52)53/h13-22,27-29H,6-12,23-26,30H2,1-5H3,(H4-,52,53,54,55,56,57,58,59,60,61,62,63,64)/p+1. The molecule has 1 atom stereocenters. The number of hydrogen-bond acceptors (Lipinski definition) is 12. The van der Waals surface area contributed by atoms with E-state index >= 15 is 0 Å². The Balaban J connectivity index is 1.31. The highest BCUT2D eigenvalue weighted by molar-refractivity contribution is 7.86. The van der Waals surface area contributed by atoms with Crippen LogP contribution >= 0.6 is 0 Å². The van der Waals surface area contributed by atoms with Crippen molar-refractivity contribution in [3.05, 3.63) is 113 Å². The van der Waals surface area contributed by atoms with E-state index in [1.807, 2.05) is 50.3 Å². The van der Waals surface area contributed by atoms with Gasteiger partial charge in [-0.05, 0) is 128 Å². The zero-order valence-electron chi connectivity index (χ0n) is 39.7. The third-order valence-corrected chi connectivity index (χ3v) is 16.1. The van der Waals surface area contributed by atoms with Crippen LogP contribution in [0, 0.1) is 0 Å². The predicted molar refractivity (Wildman–Crippen MR) is 269 cm³/mol. The van der Waals surface area contributed by atoms with E-state index in [1.54, 1.807) is 25.3 Å². The van der Waals surface area contributed by atoms with Crippen molar-refractivity contribution in [2.75, 3.05) is 44.1 Å². The number of methoxy groups -OCH3 is 1. The van der Waals surface area contributed by atoms with Crippen LogP contribution in [0.3, 0.4) is 0 Å². The number of anilines is 1. The summed E-state index contributed by atoms with van der Waals surface area (Å²) in [6.45, 7) is 8.15.